The molecule has 2 atom stereocenters. The summed E-state index contributed by atoms with van der Waals surface area (Å²) in [5, 5.41) is 3.42. The zero-order valence-electron chi connectivity index (χ0n) is 22.9. The number of hydrogen-bond donors (Lipinski definition) is 1. The molecule has 11 heteroatoms. The van der Waals surface area contributed by atoms with Crippen LogP contribution in [0.3, 0.4) is 0 Å². The van der Waals surface area contributed by atoms with Gasteiger partial charge in [0.1, 0.15) is 11.4 Å². The van der Waals surface area contributed by atoms with Crippen LogP contribution in [-0.2, 0) is 20.7 Å². The summed E-state index contributed by atoms with van der Waals surface area (Å²) in [7, 11) is 0. The number of nitrogens with one attached hydrogen (secondary N) is 1. The van der Waals surface area contributed by atoms with E-state index in [1.807, 2.05) is 12.3 Å². The number of piperidine rings is 1. The predicted octanol–water partition coefficient (Wildman–Crippen LogP) is 2.72. The normalized spacial score (nSPS) is 28.4. The molecule has 8 rings (SSSR count). The van der Waals surface area contributed by atoms with Crippen molar-refractivity contribution in [3.8, 4) is 5.75 Å². The molecular weight excluding hydrogens is 518 g/mol. The third-order valence-corrected chi connectivity index (χ3v) is 9.99. The average molecular weight is 555 g/mol. The van der Waals surface area contributed by atoms with Crippen LogP contribution in [-0.4, -0.2) is 92.6 Å². The molecule has 2 spiro atoms. The van der Waals surface area contributed by atoms with E-state index in [0.29, 0.717) is 44.8 Å². The van der Waals surface area contributed by atoms with Gasteiger partial charge in [-0.2, -0.15) is 0 Å². The van der Waals surface area contributed by atoms with Gasteiger partial charge in [0.15, 0.2) is 17.0 Å². The highest BCUT2D eigenvalue weighted by Crippen LogP contribution is 2.55. The minimum Gasteiger partial charge on any atom is -0.489 e. The Morgan fingerprint density at radius 1 is 1.07 bits per heavy atom. The maximum absolute atomic E-state index is 14.4. The largest absolute Gasteiger partial charge is 0.489 e. The van der Waals surface area contributed by atoms with Gasteiger partial charge in [0, 0.05) is 82.1 Å². The highest BCUT2D eigenvalue weighted by atomic mass is 19.3. The first-order valence-electron chi connectivity index (χ1n) is 14.6. The average Bonchev–Trinajstić information content (AvgIpc) is 3.15. The van der Waals surface area contributed by atoms with Gasteiger partial charge in [-0.05, 0) is 31.4 Å². The summed E-state index contributed by atoms with van der Waals surface area (Å²) in [5.74, 6) is 0.858. The lowest BCUT2D eigenvalue weighted by Gasteiger charge is -2.54. The van der Waals surface area contributed by atoms with Crippen LogP contribution < -0.4 is 19.9 Å². The van der Waals surface area contributed by atoms with Crippen molar-refractivity contribution in [2.45, 2.75) is 55.9 Å². The predicted molar refractivity (Wildman–Crippen MR) is 144 cm³/mol. The molecule has 4 fully saturated rings. The first-order chi connectivity index (χ1) is 19.5. The summed E-state index contributed by atoms with van der Waals surface area (Å²) in [5.41, 5.74) is 3.01. The SMILES string of the molecule is Cc1ccnc2c1C1(CCN(c3cc4c(c(C(F)F)n3)OCCC3C(N5CCNCC5)CN43)CC1)OC21COC1. The summed E-state index contributed by atoms with van der Waals surface area (Å²) in [6.07, 6.45) is 1.46. The third-order valence-electron chi connectivity index (χ3n) is 9.99. The molecule has 0 bridgehead atoms. The molecule has 40 heavy (non-hydrogen) atoms. The molecule has 2 unspecified atom stereocenters. The van der Waals surface area contributed by atoms with E-state index in [2.05, 4.69) is 38.0 Å². The van der Waals surface area contributed by atoms with Crippen LogP contribution >= 0.6 is 0 Å². The fourth-order valence-electron chi connectivity index (χ4n) is 7.89. The van der Waals surface area contributed by atoms with Crippen molar-refractivity contribution in [2.75, 3.05) is 75.4 Å². The Kier molecular flexibility index (Phi) is 5.78. The number of anilines is 2. The van der Waals surface area contributed by atoms with Gasteiger partial charge in [0.2, 0.25) is 0 Å². The lowest BCUT2D eigenvalue weighted by molar-refractivity contribution is -0.260. The van der Waals surface area contributed by atoms with Gasteiger partial charge in [0.25, 0.3) is 6.43 Å². The molecule has 2 aromatic rings. The Morgan fingerprint density at radius 3 is 2.60 bits per heavy atom. The first-order valence-corrected chi connectivity index (χ1v) is 14.6. The Labute approximate surface area is 232 Å². The van der Waals surface area contributed by atoms with Gasteiger partial charge >= 0.3 is 0 Å². The highest BCUT2D eigenvalue weighted by molar-refractivity contribution is 5.69. The molecule has 6 aliphatic heterocycles. The number of aryl methyl sites for hydroxylation is 1. The van der Waals surface area contributed by atoms with E-state index >= 15 is 0 Å². The van der Waals surface area contributed by atoms with Gasteiger partial charge in [-0.15, -0.1) is 0 Å². The van der Waals surface area contributed by atoms with Crippen LogP contribution in [0.1, 0.15) is 48.2 Å². The van der Waals surface area contributed by atoms with Gasteiger partial charge in [0.05, 0.1) is 31.2 Å². The van der Waals surface area contributed by atoms with Crippen LogP contribution in [0, 0.1) is 6.92 Å². The second kappa shape index (κ2) is 9.20. The maximum atomic E-state index is 14.4. The molecule has 0 saturated carbocycles. The molecule has 4 saturated heterocycles. The number of ether oxygens (including phenoxy) is 3. The summed E-state index contributed by atoms with van der Waals surface area (Å²) in [4.78, 5) is 16.2. The third kappa shape index (κ3) is 3.63. The molecule has 0 amide bonds. The monoisotopic (exact) mass is 554 g/mol. The van der Waals surface area contributed by atoms with Crippen LogP contribution in [0.2, 0.25) is 0 Å². The number of rotatable bonds is 3. The highest BCUT2D eigenvalue weighted by Gasteiger charge is 2.59. The molecular formula is C29H36F2N6O3. The molecule has 0 aromatic carbocycles. The fourth-order valence-corrected chi connectivity index (χ4v) is 7.89. The van der Waals surface area contributed by atoms with Crippen molar-refractivity contribution in [3.05, 3.63) is 40.8 Å². The van der Waals surface area contributed by atoms with E-state index in [-0.39, 0.29) is 17.5 Å². The second-order valence-corrected chi connectivity index (χ2v) is 12.1. The number of alkyl halides is 2. The molecule has 0 aliphatic carbocycles. The van der Waals surface area contributed by atoms with Gasteiger partial charge in [-0.25, -0.2) is 13.8 Å². The van der Waals surface area contributed by atoms with Gasteiger partial charge in [-0.3, -0.25) is 9.88 Å². The van der Waals surface area contributed by atoms with Gasteiger partial charge < -0.3 is 29.3 Å². The smallest absolute Gasteiger partial charge is 0.284 e. The topological polar surface area (TPSA) is 75.2 Å². The number of hydrogen-bond acceptors (Lipinski definition) is 9. The lowest BCUT2D eigenvalue weighted by Crippen LogP contribution is -2.69. The zero-order chi connectivity index (χ0) is 27.1. The standard InChI is InChI=1S/C29H36F2N6O3/c1-18-2-6-33-26-23(18)28(40-29(26)16-38-17-29)4-9-36(10-5-28)22-14-20-25(24(34-22)27(30)31)39-13-3-19-21(15-37(19)20)35-11-7-32-8-12-35/h2,6,14,19,21,27,32H,3-5,7-13,15-17H2,1H3. The van der Waals surface area contributed by atoms with E-state index in [9.17, 15) is 8.78 Å². The second-order valence-electron chi connectivity index (χ2n) is 12.1. The van der Waals surface area contributed by atoms with E-state index in [1.165, 1.54) is 11.1 Å². The quantitative estimate of drug-likeness (QED) is 0.617. The van der Waals surface area contributed by atoms with E-state index in [1.54, 1.807) is 0 Å². The van der Waals surface area contributed by atoms with Crippen LogP contribution in [0.5, 0.6) is 5.75 Å². The molecule has 214 valence electrons. The Hall–Kier alpha value is -2.60. The van der Waals surface area contributed by atoms with Crippen molar-refractivity contribution in [1.82, 2.24) is 20.2 Å². The molecule has 8 heterocycles. The number of halogens is 2. The van der Waals surface area contributed by atoms with Crippen LogP contribution in [0.25, 0.3) is 0 Å². The fraction of sp³-hybridized carbons (Fsp3) is 0.655. The molecule has 2 aromatic heterocycles. The van der Waals surface area contributed by atoms with Gasteiger partial charge in [-0.1, -0.05) is 0 Å². The number of fused-ring (bicyclic) bond motifs is 6. The summed E-state index contributed by atoms with van der Waals surface area (Å²) in [6.45, 7) is 9.79. The summed E-state index contributed by atoms with van der Waals surface area (Å²) >= 11 is 0. The van der Waals surface area contributed by atoms with Crippen molar-refractivity contribution in [1.29, 1.82) is 0 Å². The minimum absolute atomic E-state index is 0.243. The van der Waals surface area contributed by atoms with Crippen LogP contribution in [0.4, 0.5) is 20.3 Å². The minimum atomic E-state index is -2.70. The van der Waals surface area contributed by atoms with Crippen molar-refractivity contribution in [3.63, 3.8) is 0 Å². The van der Waals surface area contributed by atoms with Crippen molar-refractivity contribution in [2.24, 2.45) is 0 Å². The van der Waals surface area contributed by atoms with Crippen molar-refractivity contribution >= 4 is 11.5 Å². The Balaban J connectivity index is 1.08. The first kappa shape index (κ1) is 25.1. The summed E-state index contributed by atoms with van der Waals surface area (Å²) < 4.78 is 47.2. The Bertz CT molecular complexity index is 1310. The molecule has 9 nitrogen and oxygen atoms in total. The molecule has 6 aliphatic rings. The van der Waals surface area contributed by atoms with E-state index in [4.69, 9.17) is 19.2 Å². The van der Waals surface area contributed by atoms with E-state index < -0.39 is 17.6 Å². The molecule has 1 N–H and O–H groups in total. The Morgan fingerprint density at radius 2 is 1.88 bits per heavy atom. The zero-order valence-corrected chi connectivity index (χ0v) is 22.9. The number of nitrogens with zero attached hydrogens (tertiary/aromatic N) is 5. The molecule has 0 radical (unpaired) electrons. The summed E-state index contributed by atoms with van der Waals surface area (Å²) in [6, 6.07) is 4.74. The van der Waals surface area contributed by atoms with E-state index in [0.717, 1.165) is 63.4 Å². The van der Waals surface area contributed by atoms with Crippen LogP contribution in [0.15, 0.2) is 18.3 Å². The number of piperazine rings is 1. The number of pyridine rings is 2. The maximum Gasteiger partial charge on any atom is 0.284 e. The lowest BCUT2D eigenvalue weighted by atomic mass is 9.81. The number of aromatic nitrogens is 2. The van der Waals surface area contributed by atoms with Crippen molar-refractivity contribution < 1.29 is 23.0 Å².